The average Bonchev–Trinajstić information content (AvgIpc) is 2.51. The van der Waals surface area contributed by atoms with E-state index in [9.17, 15) is 0 Å². The smallest absolute Gasteiger partial charge is 0.0763 e. The first-order valence-corrected chi connectivity index (χ1v) is 5.08. The SMILES string of the molecule is C#CCC(NCC)C1OCCC1C. The highest BCUT2D eigenvalue weighted by molar-refractivity contribution is 4.95. The van der Waals surface area contributed by atoms with Crippen molar-refractivity contribution in [2.45, 2.75) is 38.8 Å². The summed E-state index contributed by atoms with van der Waals surface area (Å²) < 4.78 is 5.67. The molecule has 2 heteroatoms. The fourth-order valence-corrected chi connectivity index (χ4v) is 1.92. The molecule has 0 radical (unpaired) electrons. The Kier molecular flexibility index (Phi) is 4.27. The summed E-state index contributed by atoms with van der Waals surface area (Å²) >= 11 is 0. The minimum absolute atomic E-state index is 0.316. The van der Waals surface area contributed by atoms with Gasteiger partial charge in [-0.2, -0.15) is 0 Å². The quantitative estimate of drug-likeness (QED) is 0.662. The molecule has 0 aliphatic carbocycles. The monoisotopic (exact) mass is 181 g/mol. The Labute approximate surface area is 81.0 Å². The second kappa shape index (κ2) is 5.26. The van der Waals surface area contributed by atoms with Crippen LogP contribution in [0.15, 0.2) is 0 Å². The zero-order valence-corrected chi connectivity index (χ0v) is 8.55. The van der Waals surface area contributed by atoms with E-state index in [1.165, 1.54) is 0 Å². The van der Waals surface area contributed by atoms with E-state index in [-0.39, 0.29) is 0 Å². The highest BCUT2D eigenvalue weighted by Crippen LogP contribution is 2.23. The molecule has 1 saturated heterocycles. The first kappa shape index (κ1) is 10.6. The van der Waals surface area contributed by atoms with Gasteiger partial charge in [-0.1, -0.05) is 13.8 Å². The van der Waals surface area contributed by atoms with Crippen LogP contribution in [0.5, 0.6) is 0 Å². The number of rotatable bonds is 4. The molecule has 1 rings (SSSR count). The van der Waals surface area contributed by atoms with Gasteiger partial charge in [0.15, 0.2) is 0 Å². The van der Waals surface area contributed by atoms with Crippen LogP contribution in [0.1, 0.15) is 26.7 Å². The van der Waals surface area contributed by atoms with Crippen molar-refractivity contribution in [2.24, 2.45) is 5.92 Å². The van der Waals surface area contributed by atoms with E-state index >= 15 is 0 Å². The fourth-order valence-electron chi connectivity index (χ4n) is 1.92. The Balaban J connectivity index is 2.48. The summed E-state index contributed by atoms with van der Waals surface area (Å²) in [5, 5.41) is 3.39. The van der Waals surface area contributed by atoms with Gasteiger partial charge in [0.2, 0.25) is 0 Å². The van der Waals surface area contributed by atoms with Crippen molar-refractivity contribution in [3.8, 4) is 12.3 Å². The zero-order chi connectivity index (χ0) is 9.68. The normalized spacial score (nSPS) is 29.9. The van der Waals surface area contributed by atoms with E-state index in [0.29, 0.717) is 18.1 Å². The molecule has 13 heavy (non-hydrogen) atoms. The molecule has 0 aromatic rings. The van der Waals surface area contributed by atoms with E-state index < -0.39 is 0 Å². The summed E-state index contributed by atoms with van der Waals surface area (Å²) in [5.41, 5.74) is 0. The van der Waals surface area contributed by atoms with Crippen LogP contribution >= 0.6 is 0 Å². The first-order valence-electron chi connectivity index (χ1n) is 5.08. The predicted molar refractivity (Wildman–Crippen MR) is 54.4 cm³/mol. The van der Waals surface area contributed by atoms with Gasteiger partial charge in [-0.15, -0.1) is 12.3 Å². The molecule has 0 spiro atoms. The van der Waals surface area contributed by atoms with Gasteiger partial charge in [-0.05, 0) is 18.9 Å². The van der Waals surface area contributed by atoms with Gasteiger partial charge in [0, 0.05) is 19.1 Å². The molecule has 1 fully saturated rings. The lowest BCUT2D eigenvalue weighted by Gasteiger charge is -2.25. The minimum atomic E-state index is 0.316. The summed E-state index contributed by atoms with van der Waals surface area (Å²) in [6, 6.07) is 0.340. The van der Waals surface area contributed by atoms with Crippen LogP contribution < -0.4 is 5.32 Å². The highest BCUT2D eigenvalue weighted by Gasteiger charge is 2.30. The van der Waals surface area contributed by atoms with Crippen molar-refractivity contribution in [3.05, 3.63) is 0 Å². The average molecular weight is 181 g/mol. The molecule has 0 amide bonds. The third-order valence-corrected chi connectivity index (χ3v) is 2.64. The Morgan fingerprint density at radius 2 is 2.46 bits per heavy atom. The summed E-state index contributed by atoms with van der Waals surface area (Å²) in [7, 11) is 0. The van der Waals surface area contributed by atoms with Crippen molar-refractivity contribution >= 4 is 0 Å². The van der Waals surface area contributed by atoms with Gasteiger partial charge < -0.3 is 10.1 Å². The van der Waals surface area contributed by atoms with E-state index in [2.05, 4.69) is 25.1 Å². The van der Waals surface area contributed by atoms with Crippen LogP contribution in [-0.2, 0) is 4.74 Å². The fraction of sp³-hybridized carbons (Fsp3) is 0.818. The summed E-state index contributed by atoms with van der Waals surface area (Å²) in [6.45, 7) is 6.18. The first-order chi connectivity index (χ1) is 6.29. The molecule has 1 aliphatic rings. The number of hydrogen-bond donors (Lipinski definition) is 1. The van der Waals surface area contributed by atoms with Crippen molar-refractivity contribution in [1.82, 2.24) is 5.32 Å². The second-order valence-corrected chi connectivity index (χ2v) is 3.67. The molecule has 0 saturated carbocycles. The molecule has 1 aliphatic heterocycles. The van der Waals surface area contributed by atoms with Crippen LogP contribution in [0.3, 0.4) is 0 Å². The molecular formula is C11H19NO. The van der Waals surface area contributed by atoms with Crippen molar-refractivity contribution < 1.29 is 4.74 Å². The second-order valence-electron chi connectivity index (χ2n) is 3.67. The lowest BCUT2D eigenvalue weighted by atomic mass is 9.96. The summed E-state index contributed by atoms with van der Waals surface area (Å²) in [6.07, 6.45) is 7.57. The maximum Gasteiger partial charge on any atom is 0.0763 e. The van der Waals surface area contributed by atoms with Crippen molar-refractivity contribution in [2.75, 3.05) is 13.2 Å². The summed E-state index contributed by atoms with van der Waals surface area (Å²) in [5.74, 6) is 3.34. The topological polar surface area (TPSA) is 21.3 Å². The third kappa shape index (κ3) is 2.72. The lowest BCUT2D eigenvalue weighted by molar-refractivity contribution is 0.0629. The highest BCUT2D eigenvalue weighted by atomic mass is 16.5. The predicted octanol–water partition coefficient (Wildman–Crippen LogP) is 1.41. The van der Waals surface area contributed by atoms with E-state index in [4.69, 9.17) is 11.2 Å². The van der Waals surface area contributed by atoms with Crippen LogP contribution in [0.2, 0.25) is 0 Å². The van der Waals surface area contributed by atoms with Gasteiger partial charge in [0.1, 0.15) is 0 Å². The number of nitrogens with one attached hydrogen (secondary N) is 1. The molecule has 1 N–H and O–H groups in total. The molecule has 1 heterocycles. The van der Waals surface area contributed by atoms with Gasteiger partial charge >= 0.3 is 0 Å². The number of hydrogen-bond acceptors (Lipinski definition) is 2. The molecule has 0 aromatic heterocycles. The van der Waals surface area contributed by atoms with Crippen LogP contribution in [0.4, 0.5) is 0 Å². The maximum absolute atomic E-state index is 5.67. The third-order valence-electron chi connectivity index (χ3n) is 2.64. The van der Waals surface area contributed by atoms with Gasteiger partial charge in [-0.3, -0.25) is 0 Å². The molecule has 3 atom stereocenters. The van der Waals surface area contributed by atoms with Crippen molar-refractivity contribution in [1.29, 1.82) is 0 Å². The maximum atomic E-state index is 5.67. The van der Waals surface area contributed by atoms with E-state index in [1.54, 1.807) is 0 Å². The zero-order valence-electron chi connectivity index (χ0n) is 8.55. The Morgan fingerprint density at radius 3 is 2.92 bits per heavy atom. The molecule has 0 bridgehead atoms. The largest absolute Gasteiger partial charge is 0.376 e. The Bertz CT molecular complexity index is 185. The number of ether oxygens (including phenoxy) is 1. The Morgan fingerprint density at radius 1 is 1.69 bits per heavy atom. The number of likely N-dealkylation sites (N-methyl/N-ethyl adjacent to an activating group) is 1. The van der Waals surface area contributed by atoms with Gasteiger partial charge in [-0.25, -0.2) is 0 Å². The van der Waals surface area contributed by atoms with Crippen LogP contribution in [0.25, 0.3) is 0 Å². The number of terminal acetylenes is 1. The Hall–Kier alpha value is -0.520. The summed E-state index contributed by atoms with van der Waals surface area (Å²) in [4.78, 5) is 0. The van der Waals surface area contributed by atoms with Crippen LogP contribution in [-0.4, -0.2) is 25.3 Å². The van der Waals surface area contributed by atoms with E-state index in [1.807, 2.05) is 0 Å². The molecule has 0 aromatic carbocycles. The molecule has 74 valence electrons. The molecular weight excluding hydrogens is 162 g/mol. The molecule has 3 unspecified atom stereocenters. The minimum Gasteiger partial charge on any atom is -0.376 e. The van der Waals surface area contributed by atoms with Crippen LogP contribution in [0, 0.1) is 18.3 Å². The van der Waals surface area contributed by atoms with E-state index in [0.717, 1.165) is 26.0 Å². The standard InChI is InChI=1S/C11H19NO/c1-4-6-10(12-5-2)11-9(3)7-8-13-11/h1,9-12H,5-8H2,2-3H3. The van der Waals surface area contributed by atoms with Gasteiger partial charge in [0.05, 0.1) is 6.10 Å². The molecule has 2 nitrogen and oxygen atoms in total. The van der Waals surface area contributed by atoms with Crippen molar-refractivity contribution in [3.63, 3.8) is 0 Å². The van der Waals surface area contributed by atoms with Gasteiger partial charge in [0.25, 0.3) is 0 Å². The lowest BCUT2D eigenvalue weighted by Crippen LogP contribution is -2.41.